The summed E-state index contributed by atoms with van der Waals surface area (Å²) in [5.74, 6) is 0. The molecule has 0 atom stereocenters. The van der Waals surface area contributed by atoms with Crippen molar-refractivity contribution < 1.29 is 5.11 Å². The van der Waals surface area contributed by atoms with Crippen LogP contribution in [0.25, 0.3) is 0 Å². The van der Waals surface area contributed by atoms with Gasteiger partial charge in [-0.05, 0) is 44.1 Å². The Morgan fingerprint density at radius 2 is 2.18 bits per heavy atom. The number of nitrogens with one attached hydrogen (secondary N) is 2. The molecule has 0 saturated carbocycles. The van der Waals surface area contributed by atoms with Crippen LogP contribution < -0.4 is 10.6 Å². The van der Waals surface area contributed by atoms with Gasteiger partial charge in [-0.15, -0.1) is 0 Å². The van der Waals surface area contributed by atoms with Gasteiger partial charge >= 0.3 is 0 Å². The van der Waals surface area contributed by atoms with E-state index >= 15 is 0 Å². The van der Waals surface area contributed by atoms with Crippen LogP contribution in [-0.2, 0) is 0 Å². The van der Waals surface area contributed by atoms with Crippen LogP contribution in [0.15, 0.2) is 24.3 Å². The van der Waals surface area contributed by atoms with E-state index in [9.17, 15) is 5.11 Å². The van der Waals surface area contributed by atoms with Gasteiger partial charge in [0.15, 0.2) is 0 Å². The van der Waals surface area contributed by atoms with Crippen LogP contribution in [0.1, 0.15) is 18.4 Å². The van der Waals surface area contributed by atoms with Crippen molar-refractivity contribution in [1.29, 1.82) is 5.26 Å². The van der Waals surface area contributed by atoms with Crippen LogP contribution in [0, 0.1) is 11.3 Å². The van der Waals surface area contributed by atoms with E-state index in [1.165, 1.54) is 0 Å². The first-order valence-electron chi connectivity index (χ1n) is 5.89. The lowest BCUT2D eigenvalue weighted by molar-refractivity contribution is 0.0232. The van der Waals surface area contributed by atoms with Gasteiger partial charge < -0.3 is 15.7 Å². The van der Waals surface area contributed by atoms with Crippen LogP contribution in [-0.4, -0.2) is 30.3 Å². The van der Waals surface area contributed by atoms with E-state index in [2.05, 4.69) is 16.7 Å². The van der Waals surface area contributed by atoms with Gasteiger partial charge in [-0.3, -0.25) is 0 Å². The molecule has 0 spiro atoms. The number of nitrogens with zero attached hydrogens (tertiary/aromatic N) is 1. The van der Waals surface area contributed by atoms with Gasteiger partial charge in [-0.2, -0.15) is 5.26 Å². The molecule has 0 radical (unpaired) electrons. The Kier molecular flexibility index (Phi) is 3.62. The lowest BCUT2D eigenvalue weighted by atomic mass is 9.92. The Morgan fingerprint density at radius 1 is 1.41 bits per heavy atom. The standard InChI is InChI=1S/C13H17N3O/c14-9-11-2-1-3-12(8-11)16-10-13(17)4-6-15-7-5-13/h1-3,8,15-17H,4-7,10H2. The molecule has 1 aliphatic heterocycles. The Balaban J connectivity index is 1.95. The van der Waals surface area contributed by atoms with Gasteiger partial charge in [-0.25, -0.2) is 0 Å². The van der Waals surface area contributed by atoms with Crippen LogP contribution in [0.4, 0.5) is 5.69 Å². The van der Waals surface area contributed by atoms with Crippen molar-refractivity contribution in [1.82, 2.24) is 5.32 Å². The summed E-state index contributed by atoms with van der Waals surface area (Å²) >= 11 is 0. The van der Waals surface area contributed by atoms with Gasteiger partial charge in [0.2, 0.25) is 0 Å². The van der Waals surface area contributed by atoms with Crippen LogP contribution >= 0.6 is 0 Å². The summed E-state index contributed by atoms with van der Waals surface area (Å²) in [4.78, 5) is 0. The predicted molar refractivity (Wildman–Crippen MR) is 66.7 cm³/mol. The molecule has 0 unspecified atom stereocenters. The van der Waals surface area contributed by atoms with Crippen LogP contribution in [0.2, 0.25) is 0 Å². The fourth-order valence-electron chi connectivity index (χ4n) is 2.03. The van der Waals surface area contributed by atoms with Gasteiger partial charge in [0.25, 0.3) is 0 Å². The van der Waals surface area contributed by atoms with Gasteiger partial charge in [0.05, 0.1) is 17.2 Å². The highest BCUT2D eigenvalue weighted by molar-refractivity contribution is 5.49. The third-order valence-electron chi connectivity index (χ3n) is 3.15. The minimum absolute atomic E-state index is 0.531. The topological polar surface area (TPSA) is 68.1 Å². The molecule has 4 heteroatoms. The molecule has 1 saturated heterocycles. The van der Waals surface area contributed by atoms with E-state index in [1.807, 2.05) is 12.1 Å². The molecule has 1 aromatic carbocycles. The maximum Gasteiger partial charge on any atom is 0.0992 e. The van der Waals surface area contributed by atoms with Crippen molar-refractivity contribution in [2.45, 2.75) is 18.4 Å². The molecule has 3 N–H and O–H groups in total. The fraction of sp³-hybridized carbons (Fsp3) is 0.462. The number of aliphatic hydroxyl groups is 1. The lowest BCUT2D eigenvalue weighted by Gasteiger charge is -2.33. The van der Waals surface area contributed by atoms with Crippen molar-refractivity contribution >= 4 is 5.69 Å². The number of piperidine rings is 1. The molecule has 2 rings (SSSR count). The predicted octanol–water partition coefficient (Wildman–Crippen LogP) is 1.08. The molecule has 1 heterocycles. The zero-order valence-electron chi connectivity index (χ0n) is 9.74. The average Bonchev–Trinajstić information content (AvgIpc) is 2.38. The molecule has 0 aliphatic carbocycles. The molecule has 4 nitrogen and oxygen atoms in total. The zero-order valence-corrected chi connectivity index (χ0v) is 9.74. The van der Waals surface area contributed by atoms with Crippen LogP contribution in [0.3, 0.4) is 0 Å². The molecule has 0 aromatic heterocycles. The summed E-state index contributed by atoms with van der Waals surface area (Å²) in [6.45, 7) is 2.25. The Morgan fingerprint density at radius 3 is 2.88 bits per heavy atom. The van der Waals surface area contributed by atoms with E-state index in [0.717, 1.165) is 31.6 Å². The number of nitriles is 1. The first-order chi connectivity index (χ1) is 8.22. The Labute approximate surface area is 101 Å². The molecular weight excluding hydrogens is 214 g/mol. The third-order valence-corrected chi connectivity index (χ3v) is 3.15. The summed E-state index contributed by atoms with van der Waals surface area (Å²) in [5.41, 5.74) is 0.886. The molecule has 1 aromatic rings. The minimum atomic E-state index is -0.631. The summed E-state index contributed by atoms with van der Waals surface area (Å²) in [5, 5.41) is 25.5. The molecule has 1 aliphatic rings. The normalized spacial score (nSPS) is 18.4. The van der Waals surface area contributed by atoms with Crippen molar-refractivity contribution in [3.05, 3.63) is 29.8 Å². The molecule has 1 fully saturated rings. The highest BCUT2D eigenvalue weighted by atomic mass is 16.3. The fourth-order valence-corrected chi connectivity index (χ4v) is 2.03. The number of hydrogen-bond donors (Lipinski definition) is 3. The summed E-state index contributed by atoms with van der Waals surface area (Å²) in [6.07, 6.45) is 1.52. The smallest absolute Gasteiger partial charge is 0.0992 e. The van der Waals surface area contributed by atoms with Crippen LogP contribution in [0.5, 0.6) is 0 Å². The second-order valence-electron chi connectivity index (χ2n) is 4.52. The maximum atomic E-state index is 10.3. The number of anilines is 1. The zero-order chi connectivity index (χ0) is 12.1. The third kappa shape index (κ3) is 3.19. The molecule has 90 valence electrons. The monoisotopic (exact) mass is 231 g/mol. The summed E-state index contributed by atoms with van der Waals surface area (Å²) in [6, 6.07) is 9.42. The second-order valence-corrected chi connectivity index (χ2v) is 4.52. The molecular formula is C13H17N3O. The minimum Gasteiger partial charge on any atom is -0.388 e. The lowest BCUT2D eigenvalue weighted by Crippen LogP contribution is -2.46. The van der Waals surface area contributed by atoms with Crippen molar-refractivity contribution in [3.8, 4) is 6.07 Å². The van der Waals surface area contributed by atoms with E-state index in [-0.39, 0.29) is 0 Å². The Hall–Kier alpha value is -1.57. The van der Waals surface area contributed by atoms with E-state index in [0.29, 0.717) is 12.1 Å². The van der Waals surface area contributed by atoms with Gasteiger partial charge in [0.1, 0.15) is 0 Å². The quantitative estimate of drug-likeness (QED) is 0.728. The van der Waals surface area contributed by atoms with E-state index < -0.39 is 5.60 Å². The molecule has 0 amide bonds. The van der Waals surface area contributed by atoms with Crippen molar-refractivity contribution in [3.63, 3.8) is 0 Å². The highest BCUT2D eigenvalue weighted by Gasteiger charge is 2.28. The molecule has 17 heavy (non-hydrogen) atoms. The first-order valence-corrected chi connectivity index (χ1v) is 5.89. The van der Waals surface area contributed by atoms with Gasteiger partial charge in [-0.1, -0.05) is 6.07 Å². The summed E-state index contributed by atoms with van der Waals surface area (Å²) in [7, 11) is 0. The van der Waals surface area contributed by atoms with E-state index in [1.54, 1.807) is 12.1 Å². The Bertz CT molecular complexity index is 419. The number of rotatable bonds is 3. The van der Waals surface area contributed by atoms with E-state index in [4.69, 9.17) is 5.26 Å². The largest absolute Gasteiger partial charge is 0.388 e. The van der Waals surface area contributed by atoms with Gasteiger partial charge in [0, 0.05) is 12.2 Å². The average molecular weight is 231 g/mol. The first kappa shape index (κ1) is 11.9. The van der Waals surface area contributed by atoms with Crippen molar-refractivity contribution in [2.24, 2.45) is 0 Å². The SMILES string of the molecule is N#Cc1cccc(NCC2(O)CCNCC2)c1. The number of benzene rings is 1. The second kappa shape index (κ2) is 5.17. The maximum absolute atomic E-state index is 10.3. The van der Waals surface area contributed by atoms with Crippen molar-refractivity contribution in [2.75, 3.05) is 25.0 Å². The number of hydrogen-bond acceptors (Lipinski definition) is 4. The molecule has 0 bridgehead atoms. The summed E-state index contributed by atoms with van der Waals surface area (Å²) < 4.78 is 0. The highest BCUT2D eigenvalue weighted by Crippen LogP contribution is 2.19.